The summed E-state index contributed by atoms with van der Waals surface area (Å²) in [5.74, 6) is 1.00. The second-order valence-electron chi connectivity index (χ2n) is 4.19. The highest BCUT2D eigenvalue weighted by atomic mass is 32.1. The van der Waals surface area contributed by atoms with Gasteiger partial charge >= 0.3 is 0 Å². The number of rotatable bonds is 4. The predicted molar refractivity (Wildman–Crippen MR) is 75.7 cm³/mol. The Balaban J connectivity index is 2.55. The molecule has 0 aliphatic rings. The number of aliphatic hydroxyl groups excluding tert-OH is 1. The Morgan fingerprint density at radius 1 is 1.21 bits per heavy atom. The number of nitrogen functional groups attached to an aromatic ring is 1. The summed E-state index contributed by atoms with van der Waals surface area (Å²) in [6.45, 7) is 4.09. The summed E-state index contributed by atoms with van der Waals surface area (Å²) in [4.78, 5) is 14.1. The van der Waals surface area contributed by atoms with Gasteiger partial charge in [-0.15, -0.1) is 11.3 Å². The zero-order valence-corrected chi connectivity index (χ0v) is 11.8. The molecule has 0 saturated heterocycles. The molecular weight excluding hydrogens is 262 g/mol. The maximum atomic E-state index is 9.03. The molecule has 2 aromatic rings. The molecule has 0 radical (unpaired) electrons. The fraction of sp³-hybridized carbons (Fsp3) is 0.417. The Morgan fingerprint density at radius 3 is 2.58 bits per heavy atom. The van der Waals surface area contributed by atoms with Gasteiger partial charge in [0.25, 0.3) is 0 Å². The molecule has 0 bridgehead atoms. The molecule has 2 heterocycles. The fourth-order valence-corrected chi connectivity index (χ4v) is 2.93. The largest absolute Gasteiger partial charge is 0.396 e. The third-order valence-electron chi connectivity index (χ3n) is 2.79. The molecule has 0 aliphatic heterocycles. The summed E-state index contributed by atoms with van der Waals surface area (Å²) in [5.41, 5.74) is 13.9. The lowest BCUT2D eigenvalue weighted by Crippen LogP contribution is -2.09. The molecule has 0 fully saturated rings. The van der Waals surface area contributed by atoms with E-state index in [2.05, 4.69) is 15.0 Å². The van der Waals surface area contributed by atoms with Gasteiger partial charge in [0.2, 0.25) is 0 Å². The normalized spacial score (nSPS) is 10.9. The SMILES string of the molecule is Cc1nc(N)c(CN)c(-c2nc(C)c(CCO)s2)n1. The molecule has 19 heavy (non-hydrogen) atoms. The first-order valence-corrected chi connectivity index (χ1v) is 6.79. The molecule has 0 aliphatic carbocycles. The van der Waals surface area contributed by atoms with E-state index in [1.165, 1.54) is 11.3 Å². The second-order valence-corrected chi connectivity index (χ2v) is 5.27. The number of thiazole rings is 1. The number of nitrogens with two attached hydrogens (primary N) is 2. The van der Waals surface area contributed by atoms with Crippen LogP contribution in [0, 0.1) is 13.8 Å². The summed E-state index contributed by atoms with van der Waals surface area (Å²) >= 11 is 1.51. The molecular formula is C12H17N5OS. The third kappa shape index (κ3) is 2.73. The minimum Gasteiger partial charge on any atom is -0.396 e. The average molecular weight is 279 g/mol. The molecule has 2 aromatic heterocycles. The molecule has 0 atom stereocenters. The Bertz CT molecular complexity index is 596. The first kappa shape index (κ1) is 13.9. The highest BCUT2D eigenvalue weighted by Gasteiger charge is 2.16. The van der Waals surface area contributed by atoms with Crippen LogP contribution in [0.1, 0.15) is 22.0 Å². The summed E-state index contributed by atoms with van der Waals surface area (Å²) in [6.07, 6.45) is 0.598. The number of aliphatic hydroxyl groups is 1. The van der Waals surface area contributed by atoms with Crippen LogP contribution in [0.15, 0.2) is 0 Å². The zero-order chi connectivity index (χ0) is 14.0. The highest BCUT2D eigenvalue weighted by Crippen LogP contribution is 2.30. The molecule has 0 aromatic carbocycles. The zero-order valence-electron chi connectivity index (χ0n) is 11.0. The van der Waals surface area contributed by atoms with Gasteiger partial charge in [0.05, 0.1) is 5.69 Å². The molecule has 5 N–H and O–H groups in total. The Morgan fingerprint density at radius 2 is 1.95 bits per heavy atom. The van der Waals surface area contributed by atoms with E-state index < -0.39 is 0 Å². The molecule has 0 spiro atoms. The van der Waals surface area contributed by atoms with Crippen molar-refractivity contribution < 1.29 is 5.11 Å². The van der Waals surface area contributed by atoms with Gasteiger partial charge in [-0.2, -0.15) is 0 Å². The van der Waals surface area contributed by atoms with Gasteiger partial charge in [-0.25, -0.2) is 15.0 Å². The van der Waals surface area contributed by atoms with Crippen molar-refractivity contribution in [2.75, 3.05) is 12.3 Å². The van der Waals surface area contributed by atoms with Crippen LogP contribution in [-0.4, -0.2) is 26.7 Å². The summed E-state index contributed by atoms with van der Waals surface area (Å²) in [7, 11) is 0. The topological polar surface area (TPSA) is 111 Å². The van der Waals surface area contributed by atoms with Gasteiger partial charge in [0, 0.05) is 30.0 Å². The molecule has 6 nitrogen and oxygen atoms in total. The van der Waals surface area contributed by atoms with Gasteiger partial charge < -0.3 is 16.6 Å². The van der Waals surface area contributed by atoms with Crippen LogP contribution in [0.5, 0.6) is 0 Å². The van der Waals surface area contributed by atoms with Gasteiger partial charge in [0.1, 0.15) is 22.3 Å². The maximum Gasteiger partial charge on any atom is 0.142 e. The number of aryl methyl sites for hydroxylation is 2. The third-order valence-corrected chi connectivity index (χ3v) is 4.01. The summed E-state index contributed by atoms with van der Waals surface area (Å²) in [6, 6.07) is 0. The number of nitrogens with zero attached hydrogens (tertiary/aromatic N) is 3. The van der Waals surface area contributed by atoms with E-state index in [9.17, 15) is 0 Å². The van der Waals surface area contributed by atoms with Crippen molar-refractivity contribution in [3.8, 4) is 10.7 Å². The van der Waals surface area contributed by atoms with Crippen molar-refractivity contribution in [2.24, 2.45) is 5.73 Å². The van der Waals surface area contributed by atoms with Crippen LogP contribution in [0.25, 0.3) is 10.7 Å². The molecule has 2 rings (SSSR count). The lowest BCUT2D eigenvalue weighted by atomic mass is 10.2. The van der Waals surface area contributed by atoms with Gasteiger partial charge in [-0.05, 0) is 13.8 Å². The molecule has 102 valence electrons. The van der Waals surface area contributed by atoms with Crippen molar-refractivity contribution in [2.45, 2.75) is 26.8 Å². The van der Waals surface area contributed by atoms with Crippen molar-refractivity contribution in [3.63, 3.8) is 0 Å². The van der Waals surface area contributed by atoms with Crippen LogP contribution in [0.3, 0.4) is 0 Å². The molecule has 7 heteroatoms. The second kappa shape index (κ2) is 5.60. The van der Waals surface area contributed by atoms with Crippen LogP contribution < -0.4 is 11.5 Å². The summed E-state index contributed by atoms with van der Waals surface area (Å²) < 4.78 is 0. The monoisotopic (exact) mass is 279 g/mol. The van der Waals surface area contributed by atoms with Crippen LogP contribution in [0.4, 0.5) is 5.82 Å². The van der Waals surface area contributed by atoms with Crippen LogP contribution in [-0.2, 0) is 13.0 Å². The van der Waals surface area contributed by atoms with E-state index >= 15 is 0 Å². The number of anilines is 1. The first-order valence-electron chi connectivity index (χ1n) is 5.97. The lowest BCUT2D eigenvalue weighted by molar-refractivity contribution is 0.300. The molecule has 0 unspecified atom stereocenters. The van der Waals surface area contributed by atoms with Gasteiger partial charge in [0.15, 0.2) is 0 Å². The minimum atomic E-state index is 0.108. The number of hydrogen-bond donors (Lipinski definition) is 3. The smallest absolute Gasteiger partial charge is 0.142 e. The van der Waals surface area contributed by atoms with Crippen LogP contribution in [0.2, 0.25) is 0 Å². The maximum absolute atomic E-state index is 9.03. The van der Waals surface area contributed by atoms with Crippen LogP contribution >= 0.6 is 11.3 Å². The van der Waals surface area contributed by atoms with Crippen molar-refractivity contribution >= 4 is 17.2 Å². The van der Waals surface area contributed by atoms with Crippen molar-refractivity contribution in [1.29, 1.82) is 0 Å². The lowest BCUT2D eigenvalue weighted by Gasteiger charge is -2.07. The Labute approximate surface area is 115 Å². The molecule has 0 saturated carbocycles. The molecule has 0 amide bonds. The van der Waals surface area contributed by atoms with E-state index in [1.54, 1.807) is 6.92 Å². The minimum absolute atomic E-state index is 0.108. The standard InChI is InChI=1S/C12H17N5OS/c1-6-9(3-4-18)19-12(15-6)10-8(5-13)11(14)17-7(2)16-10/h18H,3-5,13H2,1-2H3,(H2,14,16,17). The van der Waals surface area contributed by atoms with E-state index in [1.807, 2.05) is 6.92 Å². The van der Waals surface area contributed by atoms with E-state index in [4.69, 9.17) is 16.6 Å². The van der Waals surface area contributed by atoms with E-state index in [0.29, 0.717) is 23.8 Å². The number of aromatic nitrogens is 3. The first-order chi connectivity index (χ1) is 9.06. The Kier molecular flexibility index (Phi) is 4.08. The van der Waals surface area contributed by atoms with Crippen molar-refractivity contribution in [1.82, 2.24) is 15.0 Å². The number of hydrogen-bond acceptors (Lipinski definition) is 7. The van der Waals surface area contributed by atoms with Crippen molar-refractivity contribution in [3.05, 3.63) is 22.0 Å². The van der Waals surface area contributed by atoms with E-state index in [-0.39, 0.29) is 13.2 Å². The fourth-order valence-electron chi connectivity index (χ4n) is 1.86. The highest BCUT2D eigenvalue weighted by molar-refractivity contribution is 7.15. The Hall–Kier alpha value is -1.57. The quantitative estimate of drug-likeness (QED) is 0.763. The van der Waals surface area contributed by atoms with Gasteiger partial charge in [-0.3, -0.25) is 0 Å². The summed E-state index contributed by atoms with van der Waals surface area (Å²) in [5, 5.41) is 9.80. The van der Waals surface area contributed by atoms with Gasteiger partial charge in [-0.1, -0.05) is 0 Å². The predicted octanol–water partition coefficient (Wildman–Crippen LogP) is 0.793. The average Bonchev–Trinajstić information content (AvgIpc) is 2.70. The van der Waals surface area contributed by atoms with E-state index in [0.717, 1.165) is 21.1 Å².